The van der Waals surface area contributed by atoms with E-state index in [1.165, 1.54) is 22.9 Å². The highest BCUT2D eigenvalue weighted by Crippen LogP contribution is 2.32. The van der Waals surface area contributed by atoms with Crippen molar-refractivity contribution in [2.75, 3.05) is 26.2 Å². The van der Waals surface area contributed by atoms with Crippen molar-refractivity contribution in [2.24, 2.45) is 17.8 Å². The van der Waals surface area contributed by atoms with Gasteiger partial charge in [0.2, 0.25) is 5.91 Å². The van der Waals surface area contributed by atoms with E-state index in [9.17, 15) is 18.0 Å². The van der Waals surface area contributed by atoms with E-state index in [-0.39, 0.29) is 30.1 Å². The van der Waals surface area contributed by atoms with Gasteiger partial charge in [0, 0.05) is 32.1 Å². The highest BCUT2D eigenvalue weighted by atomic mass is 19.4. The normalized spacial score (nSPS) is 18.9. The summed E-state index contributed by atoms with van der Waals surface area (Å²) in [4.78, 5) is 15.2. The van der Waals surface area contributed by atoms with Gasteiger partial charge in [0.05, 0.1) is 18.1 Å². The monoisotopic (exact) mass is 498 g/mol. The van der Waals surface area contributed by atoms with E-state index < -0.39 is 11.7 Å². The first-order valence-electron chi connectivity index (χ1n) is 12.4. The fourth-order valence-corrected chi connectivity index (χ4v) is 4.76. The van der Waals surface area contributed by atoms with Crippen molar-refractivity contribution in [1.82, 2.24) is 10.2 Å². The molecule has 36 heavy (non-hydrogen) atoms. The number of carbonyl (C=O) groups excluding carboxylic acids is 1. The number of carbonyl (C=O) groups is 1. The lowest BCUT2D eigenvalue weighted by Crippen LogP contribution is -2.47. The number of ether oxygens (including phenoxy) is 1. The minimum Gasteiger partial charge on any atom is -0.493 e. The lowest BCUT2D eigenvalue weighted by Gasteiger charge is -2.37. The average Bonchev–Trinajstić information content (AvgIpc) is 2.85. The molecule has 0 saturated carbocycles. The maximum atomic E-state index is 13.1. The third-order valence-electron chi connectivity index (χ3n) is 6.54. The average molecular weight is 499 g/mol. The molecule has 7 heteroatoms. The van der Waals surface area contributed by atoms with Crippen LogP contribution in [0.5, 0.6) is 5.75 Å². The quantitative estimate of drug-likeness (QED) is 0.405. The number of benzene rings is 3. The Morgan fingerprint density at radius 3 is 2.56 bits per heavy atom. The third-order valence-corrected chi connectivity index (χ3v) is 6.54. The van der Waals surface area contributed by atoms with Crippen LogP contribution < -0.4 is 10.1 Å². The fraction of sp³-hybridized carbons (Fsp3) is 0.414. The summed E-state index contributed by atoms with van der Waals surface area (Å²) >= 11 is 0. The van der Waals surface area contributed by atoms with E-state index in [0.717, 1.165) is 17.7 Å². The van der Waals surface area contributed by atoms with Crippen LogP contribution in [0.4, 0.5) is 13.2 Å². The third kappa shape index (κ3) is 7.00. The van der Waals surface area contributed by atoms with Crippen LogP contribution in [0.2, 0.25) is 0 Å². The number of hydrogen-bond acceptors (Lipinski definition) is 3. The minimum atomic E-state index is -4.42. The second-order valence-corrected chi connectivity index (χ2v) is 10.1. The number of hydrogen-bond donors (Lipinski definition) is 1. The van der Waals surface area contributed by atoms with Gasteiger partial charge in [-0.1, -0.05) is 56.3 Å². The Kier molecular flexibility index (Phi) is 8.19. The van der Waals surface area contributed by atoms with E-state index in [4.69, 9.17) is 4.74 Å². The molecule has 1 aliphatic rings. The fourth-order valence-electron chi connectivity index (χ4n) is 4.76. The first-order chi connectivity index (χ1) is 17.2. The number of alkyl halides is 3. The van der Waals surface area contributed by atoms with Crippen molar-refractivity contribution in [2.45, 2.75) is 33.0 Å². The summed E-state index contributed by atoms with van der Waals surface area (Å²) < 4.78 is 45.0. The number of likely N-dealkylation sites (tertiary alicyclic amines) is 1. The van der Waals surface area contributed by atoms with E-state index in [1.807, 2.05) is 12.1 Å². The number of halogens is 3. The summed E-state index contributed by atoms with van der Waals surface area (Å²) in [6.07, 6.45) is -3.78. The Morgan fingerprint density at radius 1 is 1.03 bits per heavy atom. The molecule has 0 bridgehead atoms. The molecule has 0 spiro atoms. The molecule has 1 amide bonds. The first kappa shape index (κ1) is 26.0. The predicted molar refractivity (Wildman–Crippen MR) is 136 cm³/mol. The molecular weight excluding hydrogens is 465 g/mol. The van der Waals surface area contributed by atoms with Gasteiger partial charge in [-0.15, -0.1) is 0 Å². The molecule has 4 nitrogen and oxygen atoms in total. The molecule has 0 aromatic heterocycles. The molecule has 1 N–H and O–H groups in total. The van der Waals surface area contributed by atoms with Crippen molar-refractivity contribution in [3.05, 3.63) is 77.9 Å². The topological polar surface area (TPSA) is 41.6 Å². The minimum absolute atomic E-state index is 0.0172. The highest BCUT2D eigenvalue weighted by molar-refractivity contribution is 5.83. The standard InChI is InChI=1S/C29H33F3N2O2/c1-20(2)15-33-28(35)25-13-22(19-36-27-9-5-8-26(14-27)29(30,31)32)17-34(18-25)16-21-10-11-23-6-3-4-7-24(23)12-21/h3-12,14,20,22,25H,13,15-19H2,1-2H3,(H,33,35)/t22-,25+/m0/s1. The van der Waals surface area contributed by atoms with Crippen molar-refractivity contribution < 1.29 is 22.7 Å². The van der Waals surface area contributed by atoms with Gasteiger partial charge in [-0.05, 0) is 52.9 Å². The van der Waals surface area contributed by atoms with Crippen molar-refractivity contribution in [1.29, 1.82) is 0 Å². The van der Waals surface area contributed by atoms with Gasteiger partial charge in [-0.3, -0.25) is 9.69 Å². The summed E-state index contributed by atoms with van der Waals surface area (Å²) in [5, 5.41) is 5.40. The van der Waals surface area contributed by atoms with Crippen LogP contribution in [0.3, 0.4) is 0 Å². The molecule has 2 atom stereocenters. The molecule has 1 fully saturated rings. The number of nitrogens with zero attached hydrogens (tertiary/aromatic N) is 1. The van der Waals surface area contributed by atoms with Gasteiger partial charge in [0.1, 0.15) is 5.75 Å². The van der Waals surface area contributed by atoms with Crippen LogP contribution in [0.1, 0.15) is 31.4 Å². The summed E-state index contributed by atoms with van der Waals surface area (Å²) in [6, 6.07) is 19.5. The van der Waals surface area contributed by atoms with E-state index >= 15 is 0 Å². The van der Waals surface area contributed by atoms with Gasteiger partial charge in [-0.25, -0.2) is 0 Å². The number of rotatable bonds is 8. The number of fused-ring (bicyclic) bond motifs is 1. The summed E-state index contributed by atoms with van der Waals surface area (Å²) in [6.45, 7) is 7.02. The lowest BCUT2D eigenvalue weighted by atomic mass is 9.88. The zero-order valence-electron chi connectivity index (χ0n) is 20.7. The Labute approximate surface area is 210 Å². The van der Waals surface area contributed by atoms with Gasteiger partial charge in [-0.2, -0.15) is 13.2 Å². The number of amides is 1. The van der Waals surface area contributed by atoms with E-state index in [0.29, 0.717) is 38.5 Å². The van der Waals surface area contributed by atoms with Crippen LogP contribution in [0.25, 0.3) is 10.8 Å². The van der Waals surface area contributed by atoms with Gasteiger partial charge < -0.3 is 10.1 Å². The number of piperidine rings is 1. The van der Waals surface area contributed by atoms with Gasteiger partial charge in [0.15, 0.2) is 0 Å². The summed E-state index contributed by atoms with van der Waals surface area (Å²) in [5.41, 5.74) is 0.432. The molecular formula is C29H33F3N2O2. The van der Waals surface area contributed by atoms with Crippen LogP contribution in [-0.4, -0.2) is 37.0 Å². The van der Waals surface area contributed by atoms with Crippen molar-refractivity contribution in [3.8, 4) is 5.75 Å². The second kappa shape index (κ2) is 11.3. The van der Waals surface area contributed by atoms with Crippen molar-refractivity contribution in [3.63, 3.8) is 0 Å². The van der Waals surface area contributed by atoms with Crippen LogP contribution in [0.15, 0.2) is 66.7 Å². The molecule has 3 aromatic carbocycles. The van der Waals surface area contributed by atoms with Crippen molar-refractivity contribution >= 4 is 16.7 Å². The summed E-state index contributed by atoms with van der Waals surface area (Å²) in [5.74, 6) is 0.385. The molecule has 0 radical (unpaired) electrons. The molecule has 0 unspecified atom stereocenters. The van der Waals surface area contributed by atoms with Crippen LogP contribution >= 0.6 is 0 Å². The second-order valence-electron chi connectivity index (χ2n) is 10.1. The molecule has 4 rings (SSSR count). The van der Waals surface area contributed by atoms with Crippen LogP contribution in [0, 0.1) is 17.8 Å². The highest BCUT2D eigenvalue weighted by Gasteiger charge is 2.33. The Hall–Kier alpha value is -3.06. The maximum Gasteiger partial charge on any atom is 0.416 e. The molecule has 1 heterocycles. The maximum absolute atomic E-state index is 13.1. The smallest absolute Gasteiger partial charge is 0.416 e. The van der Waals surface area contributed by atoms with E-state index in [1.54, 1.807) is 0 Å². The van der Waals surface area contributed by atoms with Gasteiger partial charge >= 0.3 is 6.18 Å². The SMILES string of the molecule is CC(C)CNC(=O)[C@@H]1C[C@H](COc2cccc(C(F)(F)F)c2)CN(Cc2ccc3ccccc3c2)C1. The zero-order chi connectivity index (χ0) is 25.7. The zero-order valence-corrected chi connectivity index (χ0v) is 20.7. The summed E-state index contributed by atoms with van der Waals surface area (Å²) in [7, 11) is 0. The van der Waals surface area contributed by atoms with Crippen LogP contribution in [-0.2, 0) is 17.5 Å². The largest absolute Gasteiger partial charge is 0.493 e. The Balaban J connectivity index is 1.46. The Morgan fingerprint density at radius 2 is 1.81 bits per heavy atom. The van der Waals surface area contributed by atoms with Gasteiger partial charge in [0.25, 0.3) is 0 Å². The molecule has 0 aliphatic carbocycles. The number of nitrogens with one attached hydrogen (secondary N) is 1. The predicted octanol–water partition coefficient (Wildman–Crippen LogP) is 6.15. The Bertz CT molecular complexity index is 1180. The molecule has 1 saturated heterocycles. The molecule has 192 valence electrons. The lowest BCUT2D eigenvalue weighted by molar-refractivity contribution is -0.137. The molecule has 3 aromatic rings. The van der Waals surface area contributed by atoms with E-state index in [2.05, 4.69) is 54.4 Å². The molecule has 1 aliphatic heterocycles. The first-order valence-corrected chi connectivity index (χ1v) is 12.4.